The summed E-state index contributed by atoms with van der Waals surface area (Å²) in [6.45, 7) is 4.15. The summed E-state index contributed by atoms with van der Waals surface area (Å²) in [5, 5.41) is 0. The molecule has 0 N–H and O–H groups in total. The van der Waals surface area contributed by atoms with Gasteiger partial charge in [0.15, 0.2) is 0 Å². The van der Waals surface area contributed by atoms with Crippen molar-refractivity contribution in [1.82, 2.24) is 0 Å². The van der Waals surface area contributed by atoms with Crippen LogP contribution in [0, 0.1) is 29.5 Å². The standard InChI is InChI=1S/C28H25F/c1-3-5-6-22-7-9-23(10-8-22)11-12-24-13-15-25(16-14-24)17-18-26-19-20-27(4-2)28(29)21-26/h7-10,13-16,19-21H,3-6H2,1-2H3. The average molecular weight is 381 g/mol. The van der Waals surface area contributed by atoms with Gasteiger partial charge < -0.3 is 0 Å². The number of halogens is 1. The van der Waals surface area contributed by atoms with Crippen LogP contribution in [-0.4, -0.2) is 0 Å². The topological polar surface area (TPSA) is 0 Å². The van der Waals surface area contributed by atoms with Gasteiger partial charge in [0.25, 0.3) is 0 Å². The molecule has 29 heavy (non-hydrogen) atoms. The lowest BCUT2D eigenvalue weighted by Gasteiger charge is -1.99. The molecule has 0 unspecified atom stereocenters. The fourth-order valence-electron chi connectivity index (χ4n) is 2.97. The summed E-state index contributed by atoms with van der Waals surface area (Å²) < 4.78 is 13.8. The third-order valence-electron chi connectivity index (χ3n) is 4.79. The van der Waals surface area contributed by atoms with Crippen molar-refractivity contribution in [2.24, 2.45) is 0 Å². The molecule has 3 rings (SSSR count). The fourth-order valence-corrected chi connectivity index (χ4v) is 2.97. The Hall–Kier alpha value is -3.29. The first-order valence-corrected chi connectivity index (χ1v) is 10.2. The highest BCUT2D eigenvalue weighted by Gasteiger charge is 1.99. The molecule has 1 heteroatoms. The molecule has 0 aromatic heterocycles. The number of benzene rings is 3. The van der Waals surface area contributed by atoms with E-state index < -0.39 is 0 Å². The first-order valence-electron chi connectivity index (χ1n) is 10.2. The summed E-state index contributed by atoms with van der Waals surface area (Å²) in [5.41, 5.74) is 5.62. The predicted molar refractivity (Wildman–Crippen MR) is 119 cm³/mol. The van der Waals surface area contributed by atoms with Gasteiger partial charge in [0.2, 0.25) is 0 Å². The van der Waals surface area contributed by atoms with E-state index in [1.807, 2.05) is 37.3 Å². The molecule has 0 atom stereocenters. The third-order valence-corrected chi connectivity index (χ3v) is 4.79. The van der Waals surface area contributed by atoms with Crippen LogP contribution in [0.2, 0.25) is 0 Å². The van der Waals surface area contributed by atoms with Gasteiger partial charge in [-0.1, -0.05) is 62.1 Å². The first kappa shape index (κ1) is 20.4. The Bertz CT molecular complexity index is 1070. The van der Waals surface area contributed by atoms with Gasteiger partial charge in [-0.05, 0) is 78.9 Å². The Morgan fingerprint density at radius 1 is 0.655 bits per heavy atom. The summed E-state index contributed by atoms with van der Waals surface area (Å²) in [7, 11) is 0. The summed E-state index contributed by atoms with van der Waals surface area (Å²) in [4.78, 5) is 0. The van der Waals surface area contributed by atoms with Crippen molar-refractivity contribution < 1.29 is 4.39 Å². The smallest absolute Gasteiger partial charge is 0.127 e. The largest absolute Gasteiger partial charge is 0.207 e. The van der Waals surface area contributed by atoms with Crippen LogP contribution >= 0.6 is 0 Å². The van der Waals surface area contributed by atoms with Crippen LogP contribution in [0.5, 0.6) is 0 Å². The van der Waals surface area contributed by atoms with E-state index in [1.165, 1.54) is 24.5 Å². The van der Waals surface area contributed by atoms with Crippen LogP contribution in [0.3, 0.4) is 0 Å². The molecule has 0 saturated carbocycles. The summed E-state index contributed by atoms with van der Waals surface area (Å²) in [6.07, 6.45) is 4.25. The van der Waals surface area contributed by atoms with E-state index in [4.69, 9.17) is 0 Å². The van der Waals surface area contributed by atoms with E-state index in [0.717, 1.165) is 23.1 Å². The molecular weight excluding hydrogens is 355 g/mol. The Morgan fingerprint density at radius 3 is 1.62 bits per heavy atom. The van der Waals surface area contributed by atoms with Gasteiger partial charge in [-0.2, -0.15) is 0 Å². The van der Waals surface area contributed by atoms with E-state index in [0.29, 0.717) is 17.5 Å². The van der Waals surface area contributed by atoms with Crippen molar-refractivity contribution in [3.63, 3.8) is 0 Å². The quantitative estimate of drug-likeness (QED) is 0.451. The molecule has 0 nitrogen and oxygen atoms in total. The van der Waals surface area contributed by atoms with Crippen molar-refractivity contribution in [2.75, 3.05) is 0 Å². The van der Waals surface area contributed by atoms with Crippen LogP contribution in [0.25, 0.3) is 0 Å². The minimum atomic E-state index is -0.191. The van der Waals surface area contributed by atoms with Crippen molar-refractivity contribution >= 4 is 0 Å². The number of rotatable bonds is 4. The van der Waals surface area contributed by atoms with Crippen molar-refractivity contribution in [3.05, 3.63) is 106 Å². The lowest BCUT2D eigenvalue weighted by Crippen LogP contribution is -1.88. The van der Waals surface area contributed by atoms with E-state index in [-0.39, 0.29) is 5.82 Å². The minimum Gasteiger partial charge on any atom is -0.207 e. The molecule has 0 aliphatic heterocycles. The molecule has 0 aliphatic carbocycles. The summed E-state index contributed by atoms with van der Waals surface area (Å²) >= 11 is 0. The van der Waals surface area contributed by atoms with E-state index in [1.54, 1.807) is 6.07 Å². The second kappa shape index (κ2) is 10.3. The number of hydrogen-bond acceptors (Lipinski definition) is 0. The molecule has 144 valence electrons. The zero-order chi connectivity index (χ0) is 20.5. The molecule has 0 fully saturated rings. The van der Waals surface area contributed by atoms with Gasteiger partial charge in [0.1, 0.15) is 5.82 Å². The van der Waals surface area contributed by atoms with E-state index in [2.05, 4.69) is 54.9 Å². The Labute approximate surface area is 173 Å². The monoisotopic (exact) mass is 380 g/mol. The second-order valence-electron chi connectivity index (χ2n) is 7.04. The second-order valence-corrected chi connectivity index (χ2v) is 7.04. The summed E-state index contributed by atoms with van der Waals surface area (Å²) in [5.74, 6) is 12.3. The first-order chi connectivity index (χ1) is 14.2. The average Bonchev–Trinajstić information content (AvgIpc) is 2.76. The molecule has 0 heterocycles. The van der Waals surface area contributed by atoms with Crippen LogP contribution in [0.15, 0.2) is 66.7 Å². The lowest BCUT2D eigenvalue weighted by atomic mass is 10.1. The van der Waals surface area contributed by atoms with Gasteiger partial charge >= 0.3 is 0 Å². The minimum absolute atomic E-state index is 0.191. The predicted octanol–water partition coefficient (Wildman–Crippen LogP) is 6.53. The zero-order valence-electron chi connectivity index (χ0n) is 17.1. The van der Waals surface area contributed by atoms with Crippen molar-refractivity contribution in [1.29, 1.82) is 0 Å². The van der Waals surface area contributed by atoms with Crippen LogP contribution < -0.4 is 0 Å². The highest BCUT2D eigenvalue weighted by molar-refractivity contribution is 5.48. The van der Waals surface area contributed by atoms with Crippen LogP contribution in [0.4, 0.5) is 4.39 Å². The Morgan fingerprint density at radius 2 is 1.14 bits per heavy atom. The number of hydrogen-bond donors (Lipinski definition) is 0. The van der Waals surface area contributed by atoms with Crippen molar-refractivity contribution in [2.45, 2.75) is 39.5 Å². The Balaban J connectivity index is 1.66. The molecule has 0 aliphatic rings. The van der Waals surface area contributed by atoms with Gasteiger partial charge in [-0.25, -0.2) is 4.39 Å². The molecular formula is C28H25F. The number of unbranched alkanes of at least 4 members (excludes halogenated alkanes) is 1. The van der Waals surface area contributed by atoms with Crippen LogP contribution in [-0.2, 0) is 12.8 Å². The van der Waals surface area contributed by atoms with Gasteiger partial charge in [0.05, 0.1) is 0 Å². The maximum Gasteiger partial charge on any atom is 0.127 e. The SMILES string of the molecule is CCCCc1ccc(C#Cc2ccc(C#Cc3ccc(CC)c(F)c3)cc2)cc1. The molecule has 0 radical (unpaired) electrons. The molecule has 0 amide bonds. The molecule has 3 aromatic carbocycles. The summed E-state index contributed by atoms with van der Waals surface area (Å²) in [6, 6.07) is 21.5. The van der Waals surface area contributed by atoms with E-state index in [9.17, 15) is 4.39 Å². The normalized spacial score (nSPS) is 9.90. The van der Waals surface area contributed by atoms with Gasteiger partial charge in [0, 0.05) is 22.3 Å². The lowest BCUT2D eigenvalue weighted by molar-refractivity contribution is 0.612. The van der Waals surface area contributed by atoms with Gasteiger partial charge in [-0.15, -0.1) is 0 Å². The van der Waals surface area contributed by atoms with Gasteiger partial charge in [-0.3, -0.25) is 0 Å². The fraction of sp³-hybridized carbons (Fsp3) is 0.214. The molecule has 0 saturated heterocycles. The highest BCUT2D eigenvalue weighted by atomic mass is 19.1. The Kier molecular flexibility index (Phi) is 7.27. The number of aryl methyl sites for hydroxylation is 2. The maximum atomic E-state index is 13.8. The third kappa shape index (κ3) is 6.10. The highest BCUT2D eigenvalue weighted by Crippen LogP contribution is 2.11. The molecule has 3 aromatic rings. The van der Waals surface area contributed by atoms with E-state index >= 15 is 0 Å². The molecule has 0 bridgehead atoms. The maximum absolute atomic E-state index is 13.8. The molecule has 0 spiro atoms. The van der Waals surface area contributed by atoms with Crippen LogP contribution in [0.1, 0.15) is 60.1 Å². The zero-order valence-corrected chi connectivity index (χ0v) is 17.1. The van der Waals surface area contributed by atoms with Crippen molar-refractivity contribution in [3.8, 4) is 23.7 Å².